The van der Waals surface area contributed by atoms with Gasteiger partial charge in [-0.15, -0.1) is 0 Å². The zero-order valence-electron chi connectivity index (χ0n) is 6.50. The molecule has 0 bridgehead atoms. The van der Waals surface area contributed by atoms with Gasteiger partial charge in [0.2, 0.25) is 0 Å². The van der Waals surface area contributed by atoms with Crippen LogP contribution in [0, 0.1) is 5.41 Å². The van der Waals surface area contributed by atoms with Gasteiger partial charge in [-0.05, 0) is 0 Å². The van der Waals surface area contributed by atoms with Gasteiger partial charge in [-0.1, -0.05) is 31.5 Å². The second kappa shape index (κ2) is 3.09. The van der Waals surface area contributed by atoms with Crippen molar-refractivity contribution in [3.8, 4) is 0 Å². The van der Waals surface area contributed by atoms with Gasteiger partial charge in [0.15, 0.2) is 0 Å². The Morgan fingerprint density at radius 2 is 1.60 bits per heavy atom. The Kier molecular flexibility index (Phi) is 3.55. The molecule has 0 radical (unpaired) electrons. The van der Waals surface area contributed by atoms with Gasteiger partial charge in [-0.2, -0.15) is 0 Å². The minimum atomic E-state index is -4.54. The van der Waals surface area contributed by atoms with Crippen LogP contribution in [-0.4, -0.2) is 6.98 Å². The molecule has 0 aromatic heterocycles. The molecular weight excluding hydrogens is 167 g/mol. The second-order valence-corrected chi connectivity index (χ2v) is 3.42. The van der Waals surface area contributed by atoms with E-state index in [1.165, 1.54) is 0 Å². The van der Waals surface area contributed by atoms with Crippen molar-refractivity contribution in [1.82, 2.24) is 0 Å². The molecule has 0 aromatic carbocycles. The summed E-state index contributed by atoms with van der Waals surface area (Å²) in [5, 5.41) is 0. The first-order chi connectivity index (χ1) is 3.84. The molecule has 0 heterocycles. The molecule has 1 aliphatic carbocycles. The molecule has 0 N–H and O–H groups in total. The van der Waals surface area contributed by atoms with Crippen molar-refractivity contribution < 1.29 is 64.3 Å². The third kappa shape index (κ3) is 2.52. The molecule has 0 spiro atoms. The standard InChI is InChI=1S/C5H9BF3.K/c1-5(2)3-4(5)6(7,8)9;/h4H,3H2,1-2H3;/q-1;+1. The molecule has 0 amide bonds. The van der Waals surface area contributed by atoms with E-state index in [-0.39, 0.29) is 51.4 Å². The largest absolute Gasteiger partial charge is 1.00 e. The summed E-state index contributed by atoms with van der Waals surface area (Å²) >= 11 is 0. The minimum Gasteiger partial charge on any atom is -0.449 e. The van der Waals surface area contributed by atoms with Crippen molar-refractivity contribution >= 4 is 6.98 Å². The summed E-state index contributed by atoms with van der Waals surface area (Å²) in [4.78, 5) is 0. The third-order valence-corrected chi connectivity index (χ3v) is 2.05. The summed E-state index contributed by atoms with van der Waals surface area (Å²) in [5.41, 5.74) is -0.446. The number of halogens is 3. The summed E-state index contributed by atoms with van der Waals surface area (Å²) in [7, 11) is 0. The number of hydrogen-bond donors (Lipinski definition) is 0. The summed E-state index contributed by atoms with van der Waals surface area (Å²) < 4.78 is 35.4. The fraction of sp³-hybridized carbons (Fsp3) is 1.00. The fourth-order valence-corrected chi connectivity index (χ4v) is 1.15. The number of rotatable bonds is 1. The maximum atomic E-state index is 11.8. The maximum absolute atomic E-state index is 11.8. The molecule has 0 aromatic rings. The van der Waals surface area contributed by atoms with Gasteiger partial charge in [0.25, 0.3) is 0 Å². The van der Waals surface area contributed by atoms with Crippen LogP contribution in [0.1, 0.15) is 20.3 Å². The Balaban J connectivity index is 0.000000810. The average molecular weight is 176 g/mol. The SMILES string of the molecule is CC1(C)CC1[B-](F)(F)F.[K+]. The van der Waals surface area contributed by atoms with Crippen LogP contribution in [0.25, 0.3) is 0 Å². The smallest absolute Gasteiger partial charge is 0.449 e. The van der Waals surface area contributed by atoms with Crippen LogP contribution in [0.15, 0.2) is 0 Å². The Bertz CT molecular complexity index is 131. The maximum Gasteiger partial charge on any atom is 1.00 e. The second-order valence-electron chi connectivity index (χ2n) is 3.42. The summed E-state index contributed by atoms with van der Waals surface area (Å²) in [5.74, 6) is -0.975. The number of hydrogen-bond acceptors (Lipinski definition) is 0. The minimum absolute atomic E-state index is 0. The van der Waals surface area contributed by atoms with Gasteiger partial charge in [0, 0.05) is 0 Å². The predicted molar refractivity (Wildman–Crippen MR) is 31.2 cm³/mol. The van der Waals surface area contributed by atoms with Crippen molar-refractivity contribution in [3.63, 3.8) is 0 Å². The van der Waals surface area contributed by atoms with Gasteiger partial charge in [0.1, 0.15) is 0 Å². The summed E-state index contributed by atoms with van der Waals surface area (Å²) in [6.45, 7) is -1.22. The van der Waals surface area contributed by atoms with Gasteiger partial charge >= 0.3 is 58.4 Å². The average Bonchev–Trinajstić information content (AvgIpc) is 2.10. The molecule has 1 aliphatic rings. The van der Waals surface area contributed by atoms with E-state index in [0.29, 0.717) is 6.42 Å². The molecule has 54 valence electrons. The Labute approximate surface area is 101 Å². The summed E-state index contributed by atoms with van der Waals surface area (Å²) in [6, 6.07) is 0. The first-order valence-corrected chi connectivity index (χ1v) is 3.04. The molecule has 5 heteroatoms. The van der Waals surface area contributed by atoms with Crippen molar-refractivity contribution in [2.24, 2.45) is 5.41 Å². The zero-order valence-corrected chi connectivity index (χ0v) is 9.62. The van der Waals surface area contributed by atoms with Crippen LogP contribution in [0.5, 0.6) is 0 Å². The monoisotopic (exact) mass is 176 g/mol. The van der Waals surface area contributed by atoms with Crippen molar-refractivity contribution in [3.05, 3.63) is 0 Å². The molecular formula is C5H9BF3K. The molecule has 0 nitrogen and oxygen atoms in total. The normalized spacial score (nSPS) is 29.1. The van der Waals surface area contributed by atoms with Crippen LogP contribution < -0.4 is 51.4 Å². The Morgan fingerprint density at radius 1 is 1.30 bits per heavy atom. The zero-order chi connectivity index (χ0) is 7.28. The van der Waals surface area contributed by atoms with E-state index in [2.05, 4.69) is 0 Å². The van der Waals surface area contributed by atoms with E-state index in [1.807, 2.05) is 0 Å². The first kappa shape index (κ1) is 11.5. The molecule has 10 heavy (non-hydrogen) atoms. The van der Waals surface area contributed by atoms with Crippen molar-refractivity contribution in [2.45, 2.75) is 26.1 Å². The van der Waals surface area contributed by atoms with E-state index < -0.39 is 18.2 Å². The summed E-state index contributed by atoms with van der Waals surface area (Å²) in [6.07, 6.45) is 0.330. The topological polar surface area (TPSA) is 0 Å². The quantitative estimate of drug-likeness (QED) is 0.478. The van der Waals surface area contributed by atoms with Crippen LogP contribution >= 0.6 is 0 Å². The van der Waals surface area contributed by atoms with E-state index >= 15 is 0 Å². The third-order valence-electron chi connectivity index (χ3n) is 2.05. The fourth-order valence-electron chi connectivity index (χ4n) is 1.15. The van der Waals surface area contributed by atoms with Crippen LogP contribution in [0.3, 0.4) is 0 Å². The molecule has 1 atom stereocenters. The van der Waals surface area contributed by atoms with Gasteiger partial charge in [-0.25, -0.2) is 0 Å². The van der Waals surface area contributed by atoms with Crippen molar-refractivity contribution in [2.75, 3.05) is 0 Å². The van der Waals surface area contributed by atoms with Crippen LogP contribution in [-0.2, 0) is 0 Å². The molecule has 0 saturated heterocycles. The van der Waals surface area contributed by atoms with Crippen LogP contribution in [0.2, 0.25) is 5.82 Å². The van der Waals surface area contributed by atoms with Gasteiger partial charge in [-0.3, -0.25) is 0 Å². The first-order valence-electron chi connectivity index (χ1n) is 3.04. The van der Waals surface area contributed by atoms with Crippen molar-refractivity contribution in [1.29, 1.82) is 0 Å². The predicted octanol–water partition coefficient (Wildman–Crippen LogP) is -0.362. The molecule has 1 unspecified atom stereocenters. The van der Waals surface area contributed by atoms with E-state index in [1.54, 1.807) is 13.8 Å². The Hall–Kier alpha value is 1.49. The molecule has 1 saturated carbocycles. The molecule has 1 rings (SSSR count). The van der Waals surface area contributed by atoms with Gasteiger partial charge < -0.3 is 12.9 Å². The molecule has 1 fully saturated rings. The van der Waals surface area contributed by atoms with E-state index in [9.17, 15) is 12.9 Å². The van der Waals surface area contributed by atoms with E-state index in [0.717, 1.165) is 0 Å². The molecule has 0 aliphatic heterocycles. The van der Waals surface area contributed by atoms with E-state index in [4.69, 9.17) is 0 Å². The Morgan fingerprint density at radius 3 is 1.60 bits per heavy atom. The van der Waals surface area contributed by atoms with Gasteiger partial charge in [0.05, 0.1) is 0 Å². The van der Waals surface area contributed by atoms with Crippen LogP contribution in [0.4, 0.5) is 12.9 Å².